The number of aliphatic carboxylic acids is 1. The van der Waals surface area contributed by atoms with E-state index in [1.807, 2.05) is 0 Å². The summed E-state index contributed by atoms with van der Waals surface area (Å²) in [5, 5.41) is 17.1. The molecule has 0 bridgehead atoms. The van der Waals surface area contributed by atoms with Gasteiger partial charge in [-0.15, -0.1) is 0 Å². The predicted molar refractivity (Wildman–Crippen MR) is 56.2 cm³/mol. The van der Waals surface area contributed by atoms with Gasteiger partial charge in [0, 0.05) is 12.2 Å². The van der Waals surface area contributed by atoms with E-state index >= 15 is 0 Å². The highest BCUT2D eigenvalue weighted by Gasteiger charge is 2.02. The van der Waals surface area contributed by atoms with Gasteiger partial charge in [0.1, 0.15) is 0 Å². The average Bonchev–Trinajstić information content (AvgIpc) is 2.16. The van der Waals surface area contributed by atoms with Crippen molar-refractivity contribution in [1.82, 2.24) is 0 Å². The van der Waals surface area contributed by atoms with Crippen molar-refractivity contribution in [3.8, 4) is 0 Å². The standard InChI is InChI=1S/C11H20O3/c1-10(11(13)14)8-6-4-2-3-5-7-9-12/h12H,1-9H2,(H,13,14). The fourth-order valence-electron chi connectivity index (χ4n) is 1.26. The molecule has 0 aromatic carbocycles. The summed E-state index contributed by atoms with van der Waals surface area (Å²) in [5.41, 5.74) is 0.306. The van der Waals surface area contributed by atoms with Crippen molar-refractivity contribution in [2.24, 2.45) is 0 Å². The number of carboxylic acid groups (broad SMARTS) is 1. The first-order valence-corrected chi connectivity index (χ1v) is 5.20. The Morgan fingerprint density at radius 2 is 1.50 bits per heavy atom. The highest BCUT2D eigenvalue weighted by Crippen LogP contribution is 2.10. The summed E-state index contributed by atoms with van der Waals surface area (Å²) in [6.45, 7) is 3.74. The Balaban J connectivity index is 3.13. The van der Waals surface area contributed by atoms with Gasteiger partial charge in [0.05, 0.1) is 0 Å². The van der Waals surface area contributed by atoms with Gasteiger partial charge in [-0.3, -0.25) is 0 Å². The van der Waals surface area contributed by atoms with Gasteiger partial charge in [0.2, 0.25) is 0 Å². The number of carbonyl (C=O) groups is 1. The number of carboxylic acids is 1. The van der Waals surface area contributed by atoms with E-state index in [9.17, 15) is 4.79 Å². The van der Waals surface area contributed by atoms with Crippen molar-refractivity contribution in [1.29, 1.82) is 0 Å². The zero-order valence-corrected chi connectivity index (χ0v) is 8.67. The van der Waals surface area contributed by atoms with E-state index in [4.69, 9.17) is 10.2 Å². The predicted octanol–water partition coefficient (Wildman–Crippen LogP) is 2.35. The Hall–Kier alpha value is -0.830. The van der Waals surface area contributed by atoms with Gasteiger partial charge >= 0.3 is 5.97 Å². The van der Waals surface area contributed by atoms with Crippen LogP contribution in [0.15, 0.2) is 12.2 Å². The topological polar surface area (TPSA) is 57.5 Å². The summed E-state index contributed by atoms with van der Waals surface area (Å²) < 4.78 is 0. The molecule has 0 radical (unpaired) electrons. The molecule has 0 aromatic rings. The van der Waals surface area contributed by atoms with Crippen LogP contribution in [0.25, 0.3) is 0 Å². The summed E-state index contributed by atoms with van der Waals surface area (Å²) >= 11 is 0. The lowest BCUT2D eigenvalue weighted by atomic mass is 10.1. The molecule has 0 aliphatic heterocycles. The average molecular weight is 200 g/mol. The second-order valence-electron chi connectivity index (χ2n) is 3.50. The van der Waals surface area contributed by atoms with E-state index in [0.717, 1.165) is 38.5 Å². The molecule has 0 spiro atoms. The molecule has 0 saturated heterocycles. The lowest BCUT2D eigenvalue weighted by Gasteiger charge is -2.01. The van der Waals surface area contributed by atoms with Gasteiger partial charge < -0.3 is 10.2 Å². The molecule has 0 aliphatic carbocycles. The molecular formula is C11H20O3. The lowest BCUT2D eigenvalue weighted by Crippen LogP contribution is -1.98. The van der Waals surface area contributed by atoms with Crippen molar-refractivity contribution in [3.63, 3.8) is 0 Å². The third-order valence-electron chi connectivity index (χ3n) is 2.19. The quantitative estimate of drug-likeness (QED) is 0.443. The van der Waals surface area contributed by atoms with Crippen LogP contribution in [0.5, 0.6) is 0 Å². The molecule has 0 heterocycles. The highest BCUT2D eigenvalue weighted by molar-refractivity contribution is 5.85. The minimum atomic E-state index is -0.884. The van der Waals surface area contributed by atoms with E-state index < -0.39 is 5.97 Å². The zero-order valence-electron chi connectivity index (χ0n) is 8.67. The molecule has 0 aliphatic rings. The Labute approximate surface area is 85.4 Å². The first-order chi connectivity index (χ1) is 6.68. The molecule has 82 valence electrons. The summed E-state index contributed by atoms with van der Waals surface area (Å²) in [6, 6.07) is 0. The van der Waals surface area contributed by atoms with Crippen molar-refractivity contribution >= 4 is 5.97 Å². The maximum atomic E-state index is 10.4. The molecule has 3 nitrogen and oxygen atoms in total. The first-order valence-electron chi connectivity index (χ1n) is 5.20. The summed E-state index contributed by atoms with van der Waals surface area (Å²) in [7, 11) is 0. The van der Waals surface area contributed by atoms with Gasteiger partial charge in [-0.05, 0) is 19.3 Å². The van der Waals surface area contributed by atoms with Gasteiger partial charge in [-0.2, -0.15) is 0 Å². The Morgan fingerprint density at radius 3 is 2.00 bits per heavy atom. The number of aliphatic hydroxyl groups is 1. The van der Waals surface area contributed by atoms with Crippen LogP contribution in [-0.2, 0) is 4.79 Å². The van der Waals surface area contributed by atoms with Crippen LogP contribution in [0.1, 0.15) is 44.9 Å². The number of hydrogen-bond acceptors (Lipinski definition) is 2. The third-order valence-corrected chi connectivity index (χ3v) is 2.19. The van der Waals surface area contributed by atoms with Crippen molar-refractivity contribution in [2.75, 3.05) is 6.61 Å². The SMILES string of the molecule is C=C(CCCCCCCCO)C(=O)O. The number of rotatable bonds is 9. The molecule has 3 heteroatoms. The molecule has 0 unspecified atom stereocenters. The van der Waals surface area contributed by atoms with E-state index in [-0.39, 0.29) is 6.61 Å². The molecule has 0 rings (SSSR count). The smallest absolute Gasteiger partial charge is 0.330 e. The number of hydrogen-bond donors (Lipinski definition) is 2. The molecule has 14 heavy (non-hydrogen) atoms. The first kappa shape index (κ1) is 13.2. The van der Waals surface area contributed by atoms with E-state index in [0.29, 0.717) is 12.0 Å². The van der Waals surface area contributed by atoms with Crippen LogP contribution in [0, 0.1) is 0 Å². The summed E-state index contributed by atoms with van der Waals surface area (Å²) in [6.07, 6.45) is 6.74. The normalized spacial score (nSPS) is 10.1. The van der Waals surface area contributed by atoms with Crippen molar-refractivity contribution < 1.29 is 15.0 Å². The Kier molecular flexibility index (Phi) is 8.24. The fraction of sp³-hybridized carbons (Fsp3) is 0.727. The molecule has 2 N–H and O–H groups in total. The number of aliphatic hydroxyl groups excluding tert-OH is 1. The minimum absolute atomic E-state index is 0.274. The third kappa shape index (κ3) is 7.80. The highest BCUT2D eigenvalue weighted by atomic mass is 16.4. The van der Waals surface area contributed by atoms with E-state index in [1.54, 1.807) is 0 Å². The maximum absolute atomic E-state index is 10.4. The van der Waals surface area contributed by atoms with Crippen molar-refractivity contribution in [3.05, 3.63) is 12.2 Å². The van der Waals surface area contributed by atoms with E-state index in [1.165, 1.54) is 0 Å². The van der Waals surface area contributed by atoms with Crippen molar-refractivity contribution in [2.45, 2.75) is 44.9 Å². The van der Waals surface area contributed by atoms with Gasteiger partial charge in [0.15, 0.2) is 0 Å². The largest absolute Gasteiger partial charge is 0.478 e. The van der Waals surface area contributed by atoms with Gasteiger partial charge in [0.25, 0.3) is 0 Å². The van der Waals surface area contributed by atoms with E-state index in [2.05, 4.69) is 6.58 Å². The second-order valence-corrected chi connectivity index (χ2v) is 3.50. The minimum Gasteiger partial charge on any atom is -0.478 e. The summed E-state index contributed by atoms with van der Waals surface area (Å²) in [5.74, 6) is -0.884. The van der Waals surface area contributed by atoms with Gasteiger partial charge in [-0.1, -0.05) is 32.3 Å². The van der Waals surface area contributed by atoms with Crippen LogP contribution in [0.4, 0.5) is 0 Å². The summed E-state index contributed by atoms with van der Waals surface area (Å²) in [4.78, 5) is 10.4. The lowest BCUT2D eigenvalue weighted by molar-refractivity contribution is -0.132. The fourth-order valence-corrected chi connectivity index (χ4v) is 1.26. The van der Waals surface area contributed by atoms with Crippen LogP contribution < -0.4 is 0 Å². The van der Waals surface area contributed by atoms with Crippen LogP contribution in [0.3, 0.4) is 0 Å². The molecule has 0 aromatic heterocycles. The maximum Gasteiger partial charge on any atom is 0.330 e. The monoisotopic (exact) mass is 200 g/mol. The second kappa shape index (κ2) is 8.75. The molecule has 0 saturated carbocycles. The van der Waals surface area contributed by atoms with Gasteiger partial charge in [-0.25, -0.2) is 4.79 Å². The van der Waals surface area contributed by atoms with Crippen LogP contribution in [-0.4, -0.2) is 22.8 Å². The zero-order chi connectivity index (χ0) is 10.8. The molecule has 0 amide bonds. The molecular weight excluding hydrogens is 180 g/mol. The Bertz CT molecular complexity index is 175. The molecule has 0 atom stereocenters. The molecule has 0 fully saturated rings. The Morgan fingerprint density at radius 1 is 1.00 bits per heavy atom. The number of unbranched alkanes of at least 4 members (excludes halogenated alkanes) is 5. The van der Waals surface area contributed by atoms with Crippen LogP contribution >= 0.6 is 0 Å². The van der Waals surface area contributed by atoms with Crippen LogP contribution in [0.2, 0.25) is 0 Å².